The van der Waals surface area contributed by atoms with E-state index in [2.05, 4.69) is 5.10 Å². The normalized spacial score (nSPS) is 10.8. The number of rotatable bonds is 6. The van der Waals surface area contributed by atoms with Crippen LogP contribution in [0.25, 0.3) is 5.69 Å². The minimum absolute atomic E-state index is 0.289. The van der Waals surface area contributed by atoms with Gasteiger partial charge >= 0.3 is 0 Å². The van der Waals surface area contributed by atoms with Gasteiger partial charge in [-0.25, -0.2) is 13.5 Å². The fraction of sp³-hybridized carbons (Fsp3) is 0.125. The highest BCUT2D eigenvalue weighted by Gasteiger charge is 2.07. The molecule has 124 valence electrons. The monoisotopic (exact) mass is 382 g/mol. The van der Waals surface area contributed by atoms with Crippen molar-refractivity contribution >= 4 is 35.3 Å². The van der Waals surface area contributed by atoms with Crippen molar-refractivity contribution in [3.63, 3.8) is 0 Å². The van der Waals surface area contributed by atoms with Crippen molar-refractivity contribution in [2.45, 2.75) is 4.34 Å². The minimum Gasteiger partial charge on any atom is -0.493 e. The first-order chi connectivity index (χ1) is 11.6. The highest BCUT2D eigenvalue weighted by Crippen LogP contribution is 2.24. The van der Waals surface area contributed by atoms with Crippen LogP contribution in [0.2, 0.25) is 0 Å². The number of hydrogen-bond donors (Lipinski definition) is 0. The standard InChI is InChI=1S/C16H12F2N2OS3/c17-11-1-5-13(6-2-11)20-16(22)24-15(19-20)23-10-9-21-14-7-3-12(18)4-8-14/h1-8H,9-10H2. The molecule has 0 atom stereocenters. The lowest BCUT2D eigenvalue weighted by Gasteiger charge is -2.04. The molecule has 0 aliphatic heterocycles. The Bertz CT molecular complexity index is 860. The molecule has 3 aromatic rings. The molecule has 0 bridgehead atoms. The summed E-state index contributed by atoms with van der Waals surface area (Å²) in [6.07, 6.45) is 0. The van der Waals surface area contributed by atoms with Gasteiger partial charge in [-0.3, -0.25) is 0 Å². The number of ether oxygens (including phenoxy) is 1. The van der Waals surface area contributed by atoms with E-state index in [9.17, 15) is 8.78 Å². The van der Waals surface area contributed by atoms with Crippen LogP contribution in [-0.2, 0) is 0 Å². The third-order valence-electron chi connectivity index (χ3n) is 2.99. The van der Waals surface area contributed by atoms with Crippen LogP contribution in [0, 0.1) is 15.6 Å². The van der Waals surface area contributed by atoms with E-state index in [4.69, 9.17) is 17.0 Å². The van der Waals surface area contributed by atoms with Gasteiger partial charge in [0.25, 0.3) is 0 Å². The van der Waals surface area contributed by atoms with E-state index < -0.39 is 0 Å². The van der Waals surface area contributed by atoms with Crippen molar-refractivity contribution in [2.75, 3.05) is 12.4 Å². The lowest BCUT2D eigenvalue weighted by atomic mass is 10.3. The molecular formula is C16H12F2N2OS3. The number of hydrogen-bond acceptors (Lipinski definition) is 5. The molecule has 1 heterocycles. The van der Waals surface area contributed by atoms with E-state index >= 15 is 0 Å². The number of benzene rings is 2. The summed E-state index contributed by atoms with van der Waals surface area (Å²) in [5.41, 5.74) is 0.729. The maximum atomic E-state index is 13.0. The van der Waals surface area contributed by atoms with Gasteiger partial charge in [0.15, 0.2) is 8.29 Å². The summed E-state index contributed by atoms with van der Waals surface area (Å²) in [5.74, 6) is 0.723. The number of halogens is 2. The Balaban J connectivity index is 1.56. The summed E-state index contributed by atoms with van der Waals surface area (Å²) in [6.45, 7) is 0.471. The van der Waals surface area contributed by atoms with E-state index in [1.54, 1.807) is 28.9 Å². The topological polar surface area (TPSA) is 27.1 Å². The predicted octanol–water partition coefficient (Wildman–Crippen LogP) is 5.11. The lowest BCUT2D eigenvalue weighted by molar-refractivity contribution is 0.343. The van der Waals surface area contributed by atoms with Crippen LogP contribution in [0.15, 0.2) is 52.9 Å². The van der Waals surface area contributed by atoms with Gasteiger partial charge in [-0.05, 0) is 60.7 Å². The Labute approximate surface area is 150 Å². The molecule has 1 aromatic heterocycles. The van der Waals surface area contributed by atoms with Gasteiger partial charge in [-0.15, -0.1) is 5.10 Å². The average Bonchev–Trinajstić information content (AvgIpc) is 2.95. The van der Waals surface area contributed by atoms with Crippen molar-refractivity contribution in [2.24, 2.45) is 0 Å². The quantitative estimate of drug-likeness (QED) is 0.336. The number of thioether (sulfide) groups is 1. The Morgan fingerprint density at radius 2 is 1.67 bits per heavy atom. The molecule has 0 unspecified atom stereocenters. The summed E-state index contributed by atoms with van der Waals surface area (Å²) >= 11 is 8.22. The highest BCUT2D eigenvalue weighted by molar-refractivity contribution is 8.01. The summed E-state index contributed by atoms with van der Waals surface area (Å²) < 4.78 is 34.3. The van der Waals surface area contributed by atoms with Gasteiger partial charge in [0, 0.05) is 5.75 Å². The molecule has 3 rings (SSSR count). The summed E-state index contributed by atoms with van der Waals surface area (Å²) in [7, 11) is 0. The van der Waals surface area contributed by atoms with Crippen molar-refractivity contribution in [3.8, 4) is 11.4 Å². The largest absolute Gasteiger partial charge is 0.493 e. The third-order valence-corrected chi connectivity index (χ3v) is 5.32. The fourth-order valence-electron chi connectivity index (χ4n) is 1.88. The number of nitrogens with zero attached hydrogens (tertiary/aromatic N) is 2. The second-order valence-electron chi connectivity index (χ2n) is 4.67. The van der Waals surface area contributed by atoms with Crippen molar-refractivity contribution in [1.82, 2.24) is 9.78 Å². The Morgan fingerprint density at radius 3 is 2.33 bits per heavy atom. The molecule has 2 aromatic carbocycles. The van der Waals surface area contributed by atoms with Gasteiger partial charge in [0.2, 0.25) is 0 Å². The zero-order valence-electron chi connectivity index (χ0n) is 12.3. The first-order valence-corrected chi connectivity index (χ1v) is 9.20. The minimum atomic E-state index is -0.298. The van der Waals surface area contributed by atoms with E-state index in [0.717, 1.165) is 10.0 Å². The Morgan fingerprint density at radius 1 is 1.04 bits per heavy atom. The maximum absolute atomic E-state index is 13.0. The molecular weight excluding hydrogens is 370 g/mol. The molecule has 0 amide bonds. The molecule has 0 saturated carbocycles. The fourth-order valence-corrected chi connectivity index (χ4v) is 4.13. The molecule has 8 heteroatoms. The summed E-state index contributed by atoms with van der Waals surface area (Å²) in [5, 5.41) is 4.43. The molecule has 0 spiro atoms. The zero-order valence-corrected chi connectivity index (χ0v) is 14.8. The van der Waals surface area contributed by atoms with Crippen LogP contribution in [0.3, 0.4) is 0 Å². The summed E-state index contributed by atoms with van der Waals surface area (Å²) in [4.78, 5) is 0. The second-order valence-corrected chi connectivity index (χ2v) is 7.64. The Kier molecular flexibility index (Phi) is 5.60. The van der Waals surface area contributed by atoms with Crippen LogP contribution in [0.1, 0.15) is 0 Å². The van der Waals surface area contributed by atoms with Crippen LogP contribution in [0.4, 0.5) is 8.78 Å². The molecule has 0 aliphatic carbocycles. The molecule has 3 nitrogen and oxygen atoms in total. The average molecular weight is 382 g/mol. The molecule has 24 heavy (non-hydrogen) atoms. The second kappa shape index (κ2) is 7.87. The zero-order chi connectivity index (χ0) is 16.9. The predicted molar refractivity (Wildman–Crippen MR) is 94.9 cm³/mol. The number of aromatic nitrogens is 2. The van der Waals surface area contributed by atoms with E-state index in [1.165, 1.54) is 47.4 Å². The highest BCUT2D eigenvalue weighted by atomic mass is 32.2. The molecule has 0 saturated heterocycles. The smallest absolute Gasteiger partial charge is 0.184 e. The van der Waals surface area contributed by atoms with E-state index in [-0.39, 0.29) is 11.6 Å². The summed E-state index contributed by atoms with van der Waals surface area (Å²) in [6, 6.07) is 11.9. The van der Waals surface area contributed by atoms with Crippen LogP contribution < -0.4 is 4.74 Å². The van der Waals surface area contributed by atoms with Crippen molar-refractivity contribution in [1.29, 1.82) is 0 Å². The molecule has 0 fully saturated rings. The van der Waals surface area contributed by atoms with Crippen molar-refractivity contribution < 1.29 is 13.5 Å². The van der Waals surface area contributed by atoms with E-state index in [0.29, 0.717) is 22.1 Å². The lowest BCUT2D eigenvalue weighted by Crippen LogP contribution is -2.00. The van der Waals surface area contributed by atoms with Gasteiger partial charge < -0.3 is 4.74 Å². The van der Waals surface area contributed by atoms with Gasteiger partial charge in [-0.1, -0.05) is 23.1 Å². The molecule has 0 N–H and O–H groups in total. The van der Waals surface area contributed by atoms with E-state index in [1.807, 2.05) is 0 Å². The van der Waals surface area contributed by atoms with Gasteiger partial charge in [0.1, 0.15) is 17.4 Å². The molecule has 0 radical (unpaired) electrons. The Hall–Kier alpha value is -1.77. The molecule has 0 aliphatic rings. The van der Waals surface area contributed by atoms with Gasteiger partial charge in [0.05, 0.1) is 12.3 Å². The van der Waals surface area contributed by atoms with Gasteiger partial charge in [-0.2, -0.15) is 0 Å². The van der Waals surface area contributed by atoms with Crippen molar-refractivity contribution in [3.05, 3.63) is 64.1 Å². The van der Waals surface area contributed by atoms with Crippen LogP contribution in [-0.4, -0.2) is 22.1 Å². The first-order valence-electron chi connectivity index (χ1n) is 6.99. The van der Waals surface area contributed by atoms with Crippen LogP contribution in [0.5, 0.6) is 5.75 Å². The third kappa shape index (κ3) is 4.40. The SMILES string of the molecule is Fc1ccc(OCCSc2nn(-c3ccc(F)cc3)c(=S)s2)cc1. The van der Waals surface area contributed by atoms with Crippen LogP contribution >= 0.6 is 35.3 Å². The maximum Gasteiger partial charge on any atom is 0.184 e. The first kappa shape index (κ1) is 17.1.